The van der Waals surface area contributed by atoms with E-state index >= 15 is 0 Å². The van der Waals surface area contributed by atoms with Crippen molar-refractivity contribution in [1.29, 1.82) is 0 Å². The number of halogens is 1. The van der Waals surface area contributed by atoms with Crippen LogP contribution in [0.2, 0.25) is 0 Å². The molecule has 1 amide bonds. The van der Waals surface area contributed by atoms with Crippen LogP contribution in [0.1, 0.15) is 11.1 Å². The maximum Gasteiger partial charge on any atom is 0.244 e. The molecule has 4 nitrogen and oxygen atoms in total. The largest absolute Gasteiger partial charge is 0.352 e. The number of rotatable bonds is 6. The molecule has 2 aromatic carbocycles. The summed E-state index contributed by atoms with van der Waals surface area (Å²) in [6, 6.07) is 15.9. The first-order valence-electron chi connectivity index (χ1n) is 8.01. The minimum atomic E-state index is -0.321. The van der Waals surface area contributed by atoms with Gasteiger partial charge in [-0.3, -0.25) is 4.79 Å². The molecule has 1 N–H and O–H groups in total. The lowest BCUT2D eigenvalue weighted by atomic mass is 10.2. The van der Waals surface area contributed by atoms with E-state index in [0.717, 1.165) is 11.3 Å². The fourth-order valence-electron chi connectivity index (χ4n) is 2.38. The Balaban J connectivity index is 1.48. The number of para-hydroxylation sites is 1. The highest BCUT2D eigenvalue weighted by Crippen LogP contribution is 2.08. The summed E-state index contributed by atoms with van der Waals surface area (Å²) in [7, 11) is 0. The van der Waals surface area contributed by atoms with Gasteiger partial charge in [-0.15, -0.1) is 0 Å². The minimum absolute atomic E-state index is 0.209. The molecule has 3 aromatic rings. The van der Waals surface area contributed by atoms with Crippen LogP contribution in [0, 0.1) is 5.82 Å². The zero-order valence-electron chi connectivity index (χ0n) is 13.6. The Labute approximate surface area is 145 Å². The molecule has 0 saturated carbocycles. The van der Waals surface area contributed by atoms with Crippen molar-refractivity contribution in [2.24, 2.45) is 0 Å². The summed E-state index contributed by atoms with van der Waals surface area (Å²) in [6.45, 7) is 0.507. The van der Waals surface area contributed by atoms with Gasteiger partial charge in [0.05, 0.1) is 11.9 Å². The number of aromatic nitrogens is 2. The molecule has 0 unspecified atom stereocenters. The number of nitrogens with zero attached hydrogens (tertiary/aromatic N) is 2. The van der Waals surface area contributed by atoms with Crippen LogP contribution in [0.3, 0.4) is 0 Å². The molecule has 0 aliphatic carbocycles. The zero-order valence-corrected chi connectivity index (χ0v) is 13.6. The molecule has 1 heterocycles. The van der Waals surface area contributed by atoms with Gasteiger partial charge in [0, 0.05) is 18.8 Å². The molecular formula is C20H18FN3O. The Morgan fingerprint density at radius 2 is 2.00 bits per heavy atom. The molecule has 5 heteroatoms. The number of benzene rings is 2. The Bertz CT molecular complexity index is 871. The van der Waals surface area contributed by atoms with Crippen molar-refractivity contribution >= 4 is 12.0 Å². The Hall–Kier alpha value is -3.21. The third kappa shape index (κ3) is 4.88. The number of hydrogen-bond donors (Lipinski definition) is 1. The van der Waals surface area contributed by atoms with Crippen LogP contribution in [0.15, 0.2) is 73.1 Å². The molecule has 0 fully saturated rings. The highest BCUT2D eigenvalue weighted by Gasteiger charge is 2.02. The average molecular weight is 335 g/mol. The van der Waals surface area contributed by atoms with Crippen molar-refractivity contribution in [2.45, 2.75) is 6.42 Å². The average Bonchev–Trinajstić information content (AvgIpc) is 3.10. The maximum absolute atomic E-state index is 13.1. The van der Waals surface area contributed by atoms with Crippen LogP contribution in [-0.2, 0) is 11.2 Å². The van der Waals surface area contributed by atoms with Gasteiger partial charge in [-0.25, -0.2) is 9.07 Å². The Kier molecular flexibility index (Phi) is 5.36. The molecule has 1 aromatic heterocycles. The van der Waals surface area contributed by atoms with E-state index in [4.69, 9.17) is 0 Å². The molecule has 3 rings (SSSR count). The first-order chi connectivity index (χ1) is 12.2. The fraction of sp³-hybridized carbons (Fsp3) is 0.100. The van der Waals surface area contributed by atoms with E-state index in [9.17, 15) is 9.18 Å². The monoisotopic (exact) mass is 335 g/mol. The minimum Gasteiger partial charge on any atom is -0.352 e. The third-order valence-corrected chi connectivity index (χ3v) is 3.65. The lowest BCUT2D eigenvalue weighted by Gasteiger charge is -2.01. The number of carbonyl (C=O) groups excluding carboxylic acids is 1. The van der Waals surface area contributed by atoms with E-state index in [1.54, 1.807) is 29.1 Å². The fourth-order valence-corrected chi connectivity index (χ4v) is 2.38. The summed E-state index contributed by atoms with van der Waals surface area (Å²) in [5, 5.41) is 7.13. The highest BCUT2D eigenvalue weighted by atomic mass is 19.1. The van der Waals surface area contributed by atoms with Gasteiger partial charge in [0.1, 0.15) is 5.82 Å². The standard InChI is InChI=1S/C20H18FN3O/c21-18-6-4-5-16(13-18)9-10-20(25)22-12-11-17-14-23-24(15-17)19-7-2-1-3-8-19/h1-10,13-15H,11-12H2,(H,22,25)/b10-9+. The van der Waals surface area contributed by atoms with Crippen LogP contribution in [0.4, 0.5) is 4.39 Å². The normalized spacial score (nSPS) is 10.9. The summed E-state index contributed by atoms with van der Waals surface area (Å²) in [5.41, 5.74) is 2.69. The van der Waals surface area contributed by atoms with Gasteiger partial charge in [-0.1, -0.05) is 30.3 Å². The Morgan fingerprint density at radius 3 is 2.80 bits per heavy atom. The smallest absolute Gasteiger partial charge is 0.244 e. The van der Waals surface area contributed by atoms with E-state index in [2.05, 4.69) is 10.4 Å². The third-order valence-electron chi connectivity index (χ3n) is 3.65. The van der Waals surface area contributed by atoms with Gasteiger partial charge in [0.2, 0.25) is 5.91 Å². The van der Waals surface area contributed by atoms with Crippen molar-refractivity contribution in [3.63, 3.8) is 0 Å². The topological polar surface area (TPSA) is 46.9 Å². The van der Waals surface area contributed by atoms with Crippen molar-refractivity contribution in [3.8, 4) is 5.69 Å². The van der Waals surface area contributed by atoms with Crippen LogP contribution < -0.4 is 5.32 Å². The summed E-state index contributed by atoms with van der Waals surface area (Å²) >= 11 is 0. The predicted octanol–water partition coefficient (Wildman–Crippen LogP) is 3.38. The molecule has 0 atom stereocenters. The number of hydrogen-bond acceptors (Lipinski definition) is 2. The van der Waals surface area contributed by atoms with Crippen LogP contribution in [0.25, 0.3) is 11.8 Å². The maximum atomic E-state index is 13.1. The SMILES string of the molecule is O=C(/C=C/c1cccc(F)c1)NCCc1cnn(-c2ccccc2)c1. The van der Waals surface area contributed by atoms with E-state index in [-0.39, 0.29) is 11.7 Å². The summed E-state index contributed by atoms with van der Waals surface area (Å²) in [5.74, 6) is -0.530. The van der Waals surface area contributed by atoms with E-state index < -0.39 is 0 Å². The van der Waals surface area contributed by atoms with Gasteiger partial charge in [0.15, 0.2) is 0 Å². The summed E-state index contributed by atoms with van der Waals surface area (Å²) < 4.78 is 14.9. The van der Waals surface area contributed by atoms with E-state index in [0.29, 0.717) is 18.5 Å². The molecule has 126 valence electrons. The van der Waals surface area contributed by atoms with Gasteiger partial charge in [0.25, 0.3) is 0 Å². The lowest BCUT2D eigenvalue weighted by Crippen LogP contribution is -2.23. The quantitative estimate of drug-likeness (QED) is 0.702. The first kappa shape index (κ1) is 16.6. The highest BCUT2D eigenvalue weighted by molar-refractivity contribution is 5.91. The molecular weight excluding hydrogens is 317 g/mol. The first-order valence-corrected chi connectivity index (χ1v) is 8.01. The predicted molar refractivity (Wildman–Crippen MR) is 95.7 cm³/mol. The van der Waals surface area contributed by atoms with E-state index in [1.807, 2.05) is 36.5 Å². The van der Waals surface area contributed by atoms with Crippen molar-refractivity contribution in [1.82, 2.24) is 15.1 Å². The van der Waals surface area contributed by atoms with Crippen LogP contribution >= 0.6 is 0 Å². The van der Waals surface area contributed by atoms with Crippen molar-refractivity contribution < 1.29 is 9.18 Å². The summed E-state index contributed by atoms with van der Waals surface area (Å²) in [4.78, 5) is 11.8. The molecule has 0 bridgehead atoms. The van der Waals surface area contributed by atoms with Gasteiger partial charge >= 0.3 is 0 Å². The Morgan fingerprint density at radius 1 is 1.16 bits per heavy atom. The lowest BCUT2D eigenvalue weighted by molar-refractivity contribution is -0.116. The number of nitrogens with one attached hydrogen (secondary N) is 1. The second-order valence-corrected chi connectivity index (χ2v) is 5.56. The summed E-state index contributed by atoms with van der Waals surface area (Å²) in [6.07, 6.45) is 7.42. The van der Waals surface area contributed by atoms with Gasteiger partial charge < -0.3 is 5.32 Å². The van der Waals surface area contributed by atoms with E-state index in [1.165, 1.54) is 18.2 Å². The molecule has 0 spiro atoms. The zero-order chi connectivity index (χ0) is 17.5. The van der Waals surface area contributed by atoms with Crippen molar-refractivity contribution in [3.05, 3.63) is 90.0 Å². The molecule has 0 saturated heterocycles. The molecule has 0 aliphatic heterocycles. The van der Waals surface area contributed by atoms with Crippen molar-refractivity contribution in [2.75, 3.05) is 6.54 Å². The second-order valence-electron chi connectivity index (χ2n) is 5.56. The molecule has 0 radical (unpaired) electrons. The number of amides is 1. The molecule has 0 aliphatic rings. The number of carbonyl (C=O) groups is 1. The molecule has 25 heavy (non-hydrogen) atoms. The van der Waals surface area contributed by atoms with Crippen LogP contribution in [-0.4, -0.2) is 22.2 Å². The van der Waals surface area contributed by atoms with Crippen LogP contribution in [0.5, 0.6) is 0 Å². The van der Waals surface area contributed by atoms with Gasteiger partial charge in [-0.05, 0) is 47.9 Å². The second kappa shape index (κ2) is 8.06. The van der Waals surface area contributed by atoms with Gasteiger partial charge in [-0.2, -0.15) is 5.10 Å².